The molecule has 0 unspecified atom stereocenters. The van der Waals surface area contributed by atoms with Gasteiger partial charge in [0.15, 0.2) is 5.65 Å². The van der Waals surface area contributed by atoms with E-state index in [9.17, 15) is 4.39 Å². The molecule has 19 heavy (non-hydrogen) atoms. The average Bonchev–Trinajstić information content (AvgIpc) is 2.83. The van der Waals surface area contributed by atoms with E-state index in [1.165, 1.54) is 12.1 Å². The normalized spacial score (nSPS) is 11.4. The zero-order valence-electron chi connectivity index (χ0n) is 10.7. The number of fused-ring (bicyclic) bond motifs is 1. The number of aromatic nitrogens is 4. The lowest BCUT2D eigenvalue weighted by Gasteiger charge is -2.07. The zero-order chi connectivity index (χ0) is 13.4. The van der Waals surface area contributed by atoms with E-state index in [-0.39, 0.29) is 11.9 Å². The van der Waals surface area contributed by atoms with Gasteiger partial charge in [-0.3, -0.25) is 0 Å². The summed E-state index contributed by atoms with van der Waals surface area (Å²) in [7, 11) is 0. The van der Waals surface area contributed by atoms with Gasteiger partial charge in [-0.05, 0) is 31.5 Å². The first-order chi connectivity index (χ1) is 9.16. The molecule has 2 aromatic heterocycles. The standard InChI is InChI=1S/C14H13FN4/c1-9(2)19-8-16-13-12(7-17-18-14(13)19)10-3-5-11(15)6-4-10/h3-9H,1-2H3. The molecule has 0 saturated carbocycles. The van der Waals surface area contributed by atoms with Crippen molar-refractivity contribution >= 4 is 11.2 Å². The minimum atomic E-state index is -0.255. The number of nitrogens with zero attached hydrogens (tertiary/aromatic N) is 4. The lowest BCUT2D eigenvalue weighted by molar-refractivity contribution is 0.610. The average molecular weight is 256 g/mol. The Morgan fingerprint density at radius 3 is 2.58 bits per heavy atom. The van der Waals surface area contributed by atoms with Crippen LogP contribution in [-0.4, -0.2) is 19.7 Å². The molecular weight excluding hydrogens is 243 g/mol. The van der Waals surface area contributed by atoms with Crippen LogP contribution in [0.4, 0.5) is 4.39 Å². The van der Waals surface area contributed by atoms with Crippen molar-refractivity contribution in [3.05, 3.63) is 42.6 Å². The number of benzene rings is 1. The third-order valence-electron chi connectivity index (χ3n) is 3.07. The maximum Gasteiger partial charge on any atom is 0.183 e. The molecule has 96 valence electrons. The van der Waals surface area contributed by atoms with Crippen molar-refractivity contribution in [2.24, 2.45) is 0 Å². The van der Waals surface area contributed by atoms with Gasteiger partial charge in [0.1, 0.15) is 11.3 Å². The topological polar surface area (TPSA) is 43.6 Å². The molecule has 4 nitrogen and oxygen atoms in total. The second kappa shape index (κ2) is 4.42. The maximum atomic E-state index is 13.0. The van der Waals surface area contributed by atoms with Gasteiger partial charge in [0, 0.05) is 11.6 Å². The molecule has 3 aromatic rings. The van der Waals surface area contributed by atoms with Crippen LogP contribution in [-0.2, 0) is 0 Å². The van der Waals surface area contributed by atoms with Crippen LogP contribution in [0.5, 0.6) is 0 Å². The van der Waals surface area contributed by atoms with Gasteiger partial charge in [0.05, 0.1) is 12.5 Å². The van der Waals surface area contributed by atoms with Crippen LogP contribution in [0.15, 0.2) is 36.8 Å². The van der Waals surface area contributed by atoms with Gasteiger partial charge in [-0.25, -0.2) is 9.37 Å². The van der Waals surface area contributed by atoms with Gasteiger partial charge in [-0.2, -0.15) is 5.10 Å². The van der Waals surface area contributed by atoms with Crippen LogP contribution in [0.25, 0.3) is 22.3 Å². The Hall–Kier alpha value is -2.30. The molecule has 0 atom stereocenters. The van der Waals surface area contributed by atoms with Crippen molar-refractivity contribution in [2.45, 2.75) is 19.9 Å². The SMILES string of the molecule is CC(C)n1cnc2c(-c3ccc(F)cc3)cnnc21. The Morgan fingerprint density at radius 1 is 1.16 bits per heavy atom. The molecule has 0 saturated heterocycles. The van der Waals surface area contributed by atoms with Gasteiger partial charge in [-0.1, -0.05) is 12.1 Å². The molecule has 0 amide bonds. The van der Waals surface area contributed by atoms with E-state index < -0.39 is 0 Å². The Labute approximate surface area is 109 Å². The highest BCUT2D eigenvalue weighted by Gasteiger charge is 2.12. The molecule has 0 fully saturated rings. The molecule has 3 rings (SSSR count). The highest BCUT2D eigenvalue weighted by Crippen LogP contribution is 2.26. The predicted octanol–water partition coefficient (Wildman–Crippen LogP) is 3.21. The highest BCUT2D eigenvalue weighted by molar-refractivity contribution is 5.88. The van der Waals surface area contributed by atoms with Crippen molar-refractivity contribution in [1.29, 1.82) is 0 Å². The van der Waals surface area contributed by atoms with Gasteiger partial charge >= 0.3 is 0 Å². The van der Waals surface area contributed by atoms with E-state index in [2.05, 4.69) is 29.0 Å². The molecule has 0 aliphatic carbocycles. The van der Waals surface area contributed by atoms with Crippen LogP contribution in [0.2, 0.25) is 0 Å². The maximum absolute atomic E-state index is 13.0. The molecule has 0 N–H and O–H groups in total. The Morgan fingerprint density at radius 2 is 1.89 bits per heavy atom. The molecule has 0 bridgehead atoms. The second-order valence-electron chi connectivity index (χ2n) is 4.68. The summed E-state index contributed by atoms with van der Waals surface area (Å²) in [6, 6.07) is 6.57. The van der Waals surface area contributed by atoms with Crippen molar-refractivity contribution in [1.82, 2.24) is 19.7 Å². The lowest BCUT2D eigenvalue weighted by Crippen LogP contribution is -2.00. The summed E-state index contributed by atoms with van der Waals surface area (Å²) in [6.07, 6.45) is 3.42. The largest absolute Gasteiger partial charge is 0.311 e. The van der Waals surface area contributed by atoms with Crippen LogP contribution in [0.1, 0.15) is 19.9 Å². The monoisotopic (exact) mass is 256 g/mol. The molecule has 5 heteroatoms. The molecule has 0 spiro atoms. The fourth-order valence-corrected chi connectivity index (χ4v) is 2.06. The second-order valence-corrected chi connectivity index (χ2v) is 4.68. The quantitative estimate of drug-likeness (QED) is 0.707. The van der Waals surface area contributed by atoms with Gasteiger partial charge in [0.25, 0.3) is 0 Å². The van der Waals surface area contributed by atoms with Crippen molar-refractivity contribution < 1.29 is 4.39 Å². The first-order valence-corrected chi connectivity index (χ1v) is 6.11. The van der Waals surface area contributed by atoms with E-state index in [1.807, 2.05) is 4.57 Å². The summed E-state index contributed by atoms with van der Waals surface area (Å²) in [4.78, 5) is 4.41. The fraction of sp³-hybridized carbons (Fsp3) is 0.214. The summed E-state index contributed by atoms with van der Waals surface area (Å²) in [5.41, 5.74) is 3.28. The Kier molecular flexibility index (Phi) is 2.74. The first-order valence-electron chi connectivity index (χ1n) is 6.11. The highest BCUT2D eigenvalue weighted by atomic mass is 19.1. The Balaban J connectivity index is 2.22. The number of hydrogen-bond acceptors (Lipinski definition) is 3. The first kappa shape index (κ1) is 11.8. The van der Waals surface area contributed by atoms with Gasteiger partial charge < -0.3 is 4.57 Å². The smallest absolute Gasteiger partial charge is 0.183 e. The Bertz CT molecular complexity index is 716. The van der Waals surface area contributed by atoms with E-state index >= 15 is 0 Å². The summed E-state index contributed by atoms with van der Waals surface area (Å²) in [5.74, 6) is -0.255. The van der Waals surface area contributed by atoms with Crippen molar-refractivity contribution in [3.63, 3.8) is 0 Å². The number of hydrogen-bond donors (Lipinski definition) is 0. The van der Waals surface area contributed by atoms with E-state index in [4.69, 9.17) is 0 Å². The summed E-state index contributed by atoms with van der Waals surface area (Å²) >= 11 is 0. The van der Waals surface area contributed by atoms with Crippen LogP contribution >= 0.6 is 0 Å². The third-order valence-corrected chi connectivity index (χ3v) is 3.07. The molecule has 0 aliphatic heterocycles. The zero-order valence-corrected chi connectivity index (χ0v) is 10.7. The van der Waals surface area contributed by atoms with Gasteiger partial charge in [-0.15, -0.1) is 5.10 Å². The molecule has 0 radical (unpaired) electrons. The number of rotatable bonds is 2. The van der Waals surface area contributed by atoms with E-state index in [0.29, 0.717) is 0 Å². The summed E-state index contributed by atoms with van der Waals surface area (Å²) in [5, 5.41) is 8.16. The molecule has 2 heterocycles. The van der Waals surface area contributed by atoms with Gasteiger partial charge in [0.2, 0.25) is 0 Å². The summed E-state index contributed by atoms with van der Waals surface area (Å²) in [6.45, 7) is 4.13. The van der Waals surface area contributed by atoms with E-state index in [0.717, 1.165) is 22.3 Å². The molecular formula is C14H13FN4. The predicted molar refractivity (Wildman–Crippen MR) is 71.1 cm³/mol. The van der Waals surface area contributed by atoms with Crippen LogP contribution < -0.4 is 0 Å². The van der Waals surface area contributed by atoms with Crippen molar-refractivity contribution in [2.75, 3.05) is 0 Å². The van der Waals surface area contributed by atoms with Crippen molar-refractivity contribution in [3.8, 4) is 11.1 Å². The summed E-state index contributed by atoms with van der Waals surface area (Å²) < 4.78 is 14.9. The van der Waals surface area contributed by atoms with Crippen LogP contribution in [0.3, 0.4) is 0 Å². The van der Waals surface area contributed by atoms with E-state index in [1.54, 1.807) is 24.7 Å². The minimum Gasteiger partial charge on any atom is -0.311 e. The van der Waals surface area contributed by atoms with Crippen LogP contribution in [0, 0.1) is 5.82 Å². The third kappa shape index (κ3) is 1.97. The lowest BCUT2D eigenvalue weighted by atomic mass is 10.1. The fourth-order valence-electron chi connectivity index (χ4n) is 2.06. The molecule has 1 aromatic carbocycles. The molecule has 0 aliphatic rings. The number of imidazole rings is 1. The number of halogens is 1. The minimum absolute atomic E-state index is 0.255.